The lowest BCUT2D eigenvalue weighted by Gasteiger charge is -2.02. The molecule has 0 atom stereocenters. The second-order valence-corrected chi connectivity index (χ2v) is 3.42. The minimum absolute atomic E-state index is 0.170. The van der Waals surface area contributed by atoms with Gasteiger partial charge in [0.1, 0.15) is 0 Å². The summed E-state index contributed by atoms with van der Waals surface area (Å²) in [6.45, 7) is 0. The molecule has 0 heterocycles. The van der Waals surface area contributed by atoms with Gasteiger partial charge in [-0.15, -0.1) is 0 Å². The molecule has 6 heteroatoms. The summed E-state index contributed by atoms with van der Waals surface area (Å²) in [6, 6.07) is 4.31. The Kier molecular flexibility index (Phi) is 3.44. The summed E-state index contributed by atoms with van der Waals surface area (Å²) in [5.41, 5.74) is 0.622. The zero-order valence-corrected chi connectivity index (χ0v) is 9.17. The lowest BCUT2D eigenvalue weighted by Crippen LogP contribution is -1.93. The highest BCUT2D eigenvalue weighted by Crippen LogP contribution is 2.27. The molecule has 72 valence electrons. The molecule has 0 saturated heterocycles. The highest BCUT2D eigenvalue weighted by Gasteiger charge is 2.14. The minimum atomic E-state index is -0.579. The Labute approximate surface area is 93.4 Å². The summed E-state index contributed by atoms with van der Waals surface area (Å²) in [7, 11) is 0. The van der Waals surface area contributed by atoms with Crippen LogP contribution in [-0.4, -0.2) is 4.92 Å². The summed E-state index contributed by atoms with van der Waals surface area (Å²) < 4.78 is 0. The lowest BCUT2D eigenvalue weighted by atomic mass is 10.1. The SMILES string of the molecule is N#Cc1cc([N+](=O)[O-])cc(Cl)c1CBr. The topological polar surface area (TPSA) is 66.9 Å². The third-order valence-corrected chi connectivity index (χ3v) is 2.54. The van der Waals surface area contributed by atoms with Crippen LogP contribution in [0.5, 0.6) is 0 Å². The van der Waals surface area contributed by atoms with E-state index in [1.165, 1.54) is 12.1 Å². The first-order valence-corrected chi connectivity index (χ1v) is 5.03. The molecule has 0 saturated carbocycles. The number of nitro groups is 1. The second-order valence-electron chi connectivity index (χ2n) is 2.46. The number of non-ortho nitro benzene ring substituents is 1. The molecule has 4 nitrogen and oxygen atoms in total. The van der Waals surface area contributed by atoms with Gasteiger partial charge in [-0.25, -0.2) is 0 Å². The van der Waals surface area contributed by atoms with E-state index < -0.39 is 4.92 Å². The van der Waals surface area contributed by atoms with Gasteiger partial charge in [0.25, 0.3) is 5.69 Å². The maximum absolute atomic E-state index is 10.4. The largest absolute Gasteiger partial charge is 0.272 e. The fraction of sp³-hybridized carbons (Fsp3) is 0.125. The maximum Gasteiger partial charge on any atom is 0.272 e. The zero-order valence-electron chi connectivity index (χ0n) is 6.83. The monoisotopic (exact) mass is 274 g/mol. The summed E-state index contributed by atoms with van der Waals surface area (Å²) in [5, 5.41) is 19.8. The highest BCUT2D eigenvalue weighted by atomic mass is 79.9. The number of hydrogen-bond donors (Lipinski definition) is 0. The summed E-state index contributed by atoms with van der Waals surface area (Å²) in [5.74, 6) is 0. The second kappa shape index (κ2) is 4.40. The molecule has 0 amide bonds. The number of nitriles is 1. The number of hydrogen-bond acceptors (Lipinski definition) is 3. The van der Waals surface area contributed by atoms with Crippen molar-refractivity contribution in [3.05, 3.63) is 38.4 Å². The van der Waals surface area contributed by atoms with Gasteiger partial charge < -0.3 is 0 Å². The van der Waals surface area contributed by atoms with Crippen LogP contribution < -0.4 is 0 Å². The Morgan fingerprint density at radius 1 is 1.64 bits per heavy atom. The van der Waals surface area contributed by atoms with Crippen LogP contribution in [-0.2, 0) is 5.33 Å². The van der Waals surface area contributed by atoms with Crippen LogP contribution in [0.4, 0.5) is 5.69 Å². The maximum atomic E-state index is 10.4. The van der Waals surface area contributed by atoms with Crippen molar-refractivity contribution in [2.75, 3.05) is 0 Å². The molecule has 0 bridgehead atoms. The third-order valence-electron chi connectivity index (χ3n) is 1.65. The minimum Gasteiger partial charge on any atom is -0.258 e. The van der Waals surface area contributed by atoms with Gasteiger partial charge in [0, 0.05) is 17.5 Å². The average molecular weight is 275 g/mol. The molecule has 0 aromatic heterocycles. The molecule has 0 unspecified atom stereocenters. The number of rotatable bonds is 2. The summed E-state index contributed by atoms with van der Waals surface area (Å²) in [6.07, 6.45) is 0. The molecular formula is C8H4BrClN2O2. The van der Waals surface area contributed by atoms with Crippen LogP contribution in [0.3, 0.4) is 0 Å². The van der Waals surface area contributed by atoms with E-state index in [9.17, 15) is 10.1 Å². The molecule has 0 aliphatic heterocycles. The van der Waals surface area contributed by atoms with E-state index in [1.807, 2.05) is 6.07 Å². The van der Waals surface area contributed by atoms with Gasteiger partial charge in [-0.3, -0.25) is 10.1 Å². The van der Waals surface area contributed by atoms with Crippen molar-refractivity contribution >= 4 is 33.2 Å². The van der Waals surface area contributed by atoms with Crippen LogP contribution in [0.15, 0.2) is 12.1 Å². The van der Waals surface area contributed by atoms with Gasteiger partial charge in [0.2, 0.25) is 0 Å². The molecule has 0 aliphatic carbocycles. The fourth-order valence-corrected chi connectivity index (χ4v) is 2.01. The molecule has 14 heavy (non-hydrogen) atoms. The number of benzene rings is 1. The van der Waals surface area contributed by atoms with Crippen molar-refractivity contribution in [1.29, 1.82) is 5.26 Å². The first-order valence-electron chi connectivity index (χ1n) is 3.53. The van der Waals surface area contributed by atoms with E-state index in [1.54, 1.807) is 0 Å². The Morgan fingerprint density at radius 3 is 2.71 bits per heavy atom. The molecular weight excluding hydrogens is 271 g/mol. The van der Waals surface area contributed by atoms with Crippen molar-refractivity contribution < 1.29 is 4.92 Å². The van der Waals surface area contributed by atoms with E-state index >= 15 is 0 Å². The number of halogens is 2. The molecule has 1 aromatic carbocycles. The van der Waals surface area contributed by atoms with E-state index in [0.717, 1.165) is 0 Å². The van der Waals surface area contributed by atoms with E-state index in [-0.39, 0.29) is 16.3 Å². The van der Waals surface area contributed by atoms with Crippen molar-refractivity contribution in [2.24, 2.45) is 0 Å². The first-order chi connectivity index (χ1) is 6.60. The van der Waals surface area contributed by atoms with Crippen molar-refractivity contribution in [3.63, 3.8) is 0 Å². The van der Waals surface area contributed by atoms with Crippen LogP contribution in [0.1, 0.15) is 11.1 Å². The smallest absolute Gasteiger partial charge is 0.258 e. The molecule has 0 spiro atoms. The van der Waals surface area contributed by atoms with Crippen molar-refractivity contribution in [1.82, 2.24) is 0 Å². The van der Waals surface area contributed by atoms with Gasteiger partial charge in [-0.1, -0.05) is 27.5 Å². The van der Waals surface area contributed by atoms with E-state index in [0.29, 0.717) is 10.9 Å². The Morgan fingerprint density at radius 2 is 2.29 bits per heavy atom. The highest BCUT2D eigenvalue weighted by molar-refractivity contribution is 9.08. The Balaban J connectivity index is 3.41. The Bertz CT molecular complexity index is 428. The zero-order chi connectivity index (χ0) is 10.7. The molecule has 0 aliphatic rings. The molecule has 1 rings (SSSR count). The van der Waals surface area contributed by atoms with Crippen LogP contribution in [0, 0.1) is 21.4 Å². The normalized spacial score (nSPS) is 9.50. The predicted molar refractivity (Wildman–Crippen MR) is 55.5 cm³/mol. The Hall–Kier alpha value is -1.12. The standard InChI is InChI=1S/C8H4BrClN2O2/c9-3-7-5(4-11)1-6(12(13)14)2-8(7)10/h1-2H,3H2. The summed E-state index contributed by atoms with van der Waals surface area (Å²) in [4.78, 5) is 9.87. The summed E-state index contributed by atoms with van der Waals surface area (Å²) >= 11 is 8.93. The van der Waals surface area contributed by atoms with Gasteiger partial charge in [0.15, 0.2) is 0 Å². The molecule has 0 radical (unpaired) electrons. The van der Waals surface area contributed by atoms with Gasteiger partial charge >= 0.3 is 0 Å². The lowest BCUT2D eigenvalue weighted by molar-refractivity contribution is -0.384. The third kappa shape index (κ3) is 2.03. The van der Waals surface area contributed by atoms with E-state index in [2.05, 4.69) is 15.9 Å². The van der Waals surface area contributed by atoms with Crippen molar-refractivity contribution in [3.8, 4) is 6.07 Å². The first kappa shape index (κ1) is 11.0. The van der Waals surface area contributed by atoms with Crippen LogP contribution in [0.2, 0.25) is 5.02 Å². The number of nitrogens with zero attached hydrogens (tertiary/aromatic N) is 2. The van der Waals surface area contributed by atoms with Gasteiger partial charge in [0.05, 0.1) is 21.6 Å². The predicted octanol–water partition coefficient (Wildman–Crippen LogP) is 3.01. The average Bonchev–Trinajstić information content (AvgIpc) is 2.16. The number of alkyl halides is 1. The van der Waals surface area contributed by atoms with Crippen LogP contribution in [0.25, 0.3) is 0 Å². The van der Waals surface area contributed by atoms with Crippen LogP contribution >= 0.6 is 27.5 Å². The molecule has 1 aromatic rings. The van der Waals surface area contributed by atoms with Gasteiger partial charge in [-0.2, -0.15) is 5.26 Å². The van der Waals surface area contributed by atoms with Crippen molar-refractivity contribution in [2.45, 2.75) is 5.33 Å². The molecule has 0 fully saturated rings. The number of nitro benzene ring substituents is 1. The van der Waals surface area contributed by atoms with Gasteiger partial charge in [-0.05, 0) is 5.56 Å². The molecule has 0 N–H and O–H groups in total. The fourth-order valence-electron chi connectivity index (χ4n) is 0.963. The quantitative estimate of drug-likeness (QED) is 0.473. The van der Waals surface area contributed by atoms with E-state index in [4.69, 9.17) is 16.9 Å².